The number of methoxy groups -OCH3 is 2. The molecule has 1 amide bonds. The van der Waals surface area contributed by atoms with Gasteiger partial charge in [0.25, 0.3) is 0 Å². The average Bonchev–Trinajstić information content (AvgIpc) is 3.29. The molecule has 1 aromatic carbocycles. The monoisotopic (exact) mass is 506 g/mol. The lowest BCUT2D eigenvalue weighted by Crippen LogP contribution is -2.48. The topological polar surface area (TPSA) is 111 Å². The molecule has 4 heterocycles. The van der Waals surface area contributed by atoms with E-state index in [1.165, 1.54) is 0 Å². The number of anilines is 3. The minimum Gasteiger partial charge on any atom is -0.494 e. The second-order valence-electron chi connectivity index (χ2n) is 8.64. The van der Waals surface area contributed by atoms with Crippen LogP contribution in [0.15, 0.2) is 36.8 Å². The van der Waals surface area contributed by atoms with Gasteiger partial charge in [0.2, 0.25) is 11.9 Å². The van der Waals surface area contributed by atoms with Crippen molar-refractivity contribution >= 4 is 34.3 Å². The predicted molar refractivity (Wildman–Crippen MR) is 137 cm³/mol. The maximum Gasteiger partial charge on any atom is 0.228 e. The van der Waals surface area contributed by atoms with Crippen LogP contribution >= 0.6 is 0 Å². The van der Waals surface area contributed by atoms with E-state index in [9.17, 15) is 9.18 Å². The van der Waals surface area contributed by atoms with E-state index in [1.54, 1.807) is 57.4 Å². The Balaban J connectivity index is 1.44. The smallest absolute Gasteiger partial charge is 0.228 e. The highest BCUT2D eigenvalue weighted by atomic mass is 19.1. The Hall–Kier alpha value is -4.48. The third-order valence-corrected chi connectivity index (χ3v) is 6.40. The fourth-order valence-corrected chi connectivity index (χ4v) is 4.41. The number of pyridine rings is 1. The molecule has 4 aromatic rings. The van der Waals surface area contributed by atoms with Crippen molar-refractivity contribution in [3.8, 4) is 22.8 Å². The van der Waals surface area contributed by atoms with Crippen LogP contribution in [-0.2, 0) is 11.8 Å². The van der Waals surface area contributed by atoms with E-state index in [0.29, 0.717) is 54.6 Å². The molecule has 1 saturated heterocycles. The Morgan fingerprint density at radius 1 is 1.00 bits per heavy atom. The van der Waals surface area contributed by atoms with Crippen LogP contribution in [0.3, 0.4) is 0 Å². The summed E-state index contributed by atoms with van der Waals surface area (Å²) in [6.07, 6.45) is 4.34. The lowest BCUT2D eigenvalue weighted by Gasteiger charge is -2.36. The summed E-state index contributed by atoms with van der Waals surface area (Å²) in [5.74, 6) is 0.843. The maximum absolute atomic E-state index is 14.7. The molecule has 0 aliphatic carbocycles. The number of carbonyl (C=O) groups is 1. The number of hydrogen-bond donors (Lipinski definition) is 1. The lowest BCUT2D eigenvalue weighted by atomic mass is 10.1. The zero-order valence-electron chi connectivity index (χ0n) is 21.0. The van der Waals surface area contributed by atoms with Crippen LogP contribution in [-0.4, -0.2) is 75.9 Å². The summed E-state index contributed by atoms with van der Waals surface area (Å²) in [5.41, 5.74) is 2.72. The fourth-order valence-electron chi connectivity index (χ4n) is 4.41. The van der Waals surface area contributed by atoms with Crippen LogP contribution in [0.5, 0.6) is 11.5 Å². The summed E-state index contributed by atoms with van der Waals surface area (Å²) >= 11 is 0. The summed E-state index contributed by atoms with van der Waals surface area (Å²) in [4.78, 5) is 28.6. The zero-order chi connectivity index (χ0) is 26.1. The van der Waals surface area contributed by atoms with Crippen molar-refractivity contribution in [1.82, 2.24) is 29.6 Å². The first kappa shape index (κ1) is 24.2. The van der Waals surface area contributed by atoms with Gasteiger partial charge in [-0.1, -0.05) is 0 Å². The molecule has 192 valence electrons. The number of piperazine rings is 1. The largest absolute Gasteiger partial charge is 0.494 e. The summed E-state index contributed by atoms with van der Waals surface area (Å²) in [6.45, 7) is 4.19. The average molecular weight is 507 g/mol. The van der Waals surface area contributed by atoms with E-state index in [2.05, 4.69) is 30.3 Å². The van der Waals surface area contributed by atoms with Gasteiger partial charge in [-0.2, -0.15) is 5.10 Å². The number of rotatable bonds is 6. The van der Waals surface area contributed by atoms with Crippen LogP contribution in [0.4, 0.5) is 21.7 Å². The van der Waals surface area contributed by atoms with Gasteiger partial charge in [0.05, 0.1) is 38.0 Å². The van der Waals surface area contributed by atoms with E-state index >= 15 is 0 Å². The van der Waals surface area contributed by atoms with Crippen molar-refractivity contribution in [2.45, 2.75) is 6.92 Å². The Kier molecular flexibility index (Phi) is 6.47. The van der Waals surface area contributed by atoms with E-state index < -0.39 is 5.82 Å². The number of nitrogens with zero attached hydrogens (tertiary/aromatic N) is 7. The number of amides is 1. The van der Waals surface area contributed by atoms with Crippen molar-refractivity contribution in [3.63, 3.8) is 0 Å². The number of aryl methyl sites for hydroxylation is 1. The number of halogens is 1. The third kappa shape index (κ3) is 4.69. The molecule has 0 atom stereocenters. The minimum atomic E-state index is -0.569. The zero-order valence-corrected chi connectivity index (χ0v) is 21.0. The summed E-state index contributed by atoms with van der Waals surface area (Å²) in [5, 5.41) is 8.09. The highest BCUT2D eigenvalue weighted by molar-refractivity contribution is 5.80. The lowest BCUT2D eigenvalue weighted by molar-refractivity contribution is -0.129. The SMILES string of the molecule is COc1cc(N2CCN(C(C)=O)CC2)c(OC)cc1Nc1ncc(F)c(-c2cnc3c(cnn3C)c2)n1. The van der Waals surface area contributed by atoms with Gasteiger partial charge in [-0.05, 0) is 6.07 Å². The summed E-state index contributed by atoms with van der Waals surface area (Å²) < 4.78 is 27.7. The molecular formula is C25H27FN8O3. The standard InChI is InChI=1S/C25H27FN8O3/c1-15(35)33-5-7-34(8-6-33)20-11-21(36-3)19(10-22(20)37-4)30-25-28-14-18(26)23(31-25)16-9-17-13-29-32(2)24(17)27-12-16/h9-14H,5-8H2,1-4H3,(H,28,30,31). The first-order valence-corrected chi connectivity index (χ1v) is 11.7. The predicted octanol–water partition coefficient (Wildman–Crippen LogP) is 2.99. The first-order valence-electron chi connectivity index (χ1n) is 11.7. The number of benzene rings is 1. The van der Waals surface area contributed by atoms with E-state index in [0.717, 1.165) is 17.3 Å². The second kappa shape index (κ2) is 9.88. The molecule has 0 spiro atoms. The van der Waals surface area contributed by atoms with Crippen molar-refractivity contribution < 1.29 is 18.7 Å². The molecule has 11 nitrogen and oxygen atoms in total. The fraction of sp³-hybridized carbons (Fsp3) is 0.320. The van der Waals surface area contributed by atoms with Gasteiger partial charge in [0, 0.05) is 69.4 Å². The van der Waals surface area contributed by atoms with Crippen molar-refractivity contribution in [1.29, 1.82) is 0 Å². The van der Waals surface area contributed by atoms with E-state index in [4.69, 9.17) is 9.47 Å². The van der Waals surface area contributed by atoms with Crippen molar-refractivity contribution in [3.05, 3.63) is 42.6 Å². The van der Waals surface area contributed by atoms with Gasteiger partial charge < -0.3 is 24.6 Å². The molecule has 1 aliphatic heterocycles. The summed E-state index contributed by atoms with van der Waals surface area (Å²) in [7, 11) is 4.95. The molecule has 1 aliphatic rings. The van der Waals surface area contributed by atoms with Gasteiger partial charge in [-0.15, -0.1) is 0 Å². The number of aromatic nitrogens is 5. The van der Waals surface area contributed by atoms with Gasteiger partial charge in [0.1, 0.15) is 17.2 Å². The van der Waals surface area contributed by atoms with Gasteiger partial charge in [-0.3, -0.25) is 9.48 Å². The first-order chi connectivity index (χ1) is 17.9. The number of carbonyl (C=O) groups excluding carboxylic acids is 1. The Labute approximate surface area is 212 Å². The summed E-state index contributed by atoms with van der Waals surface area (Å²) in [6, 6.07) is 5.45. The van der Waals surface area contributed by atoms with Crippen LogP contribution in [0.2, 0.25) is 0 Å². The van der Waals surface area contributed by atoms with Crippen molar-refractivity contribution in [2.24, 2.45) is 7.05 Å². The minimum absolute atomic E-state index is 0.0681. The van der Waals surface area contributed by atoms with Gasteiger partial charge in [0.15, 0.2) is 11.5 Å². The number of ether oxygens (including phenoxy) is 2. The molecule has 0 bridgehead atoms. The third-order valence-electron chi connectivity index (χ3n) is 6.40. The van der Waals surface area contributed by atoms with Crippen LogP contribution in [0, 0.1) is 5.82 Å². The quantitative estimate of drug-likeness (QED) is 0.422. The number of nitrogens with one attached hydrogen (secondary N) is 1. The molecule has 3 aromatic heterocycles. The van der Waals surface area contributed by atoms with Crippen LogP contribution in [0.25, 0.3) is 22.3 Å². The Bertz CT molecular complexity index is 1470. The normalized spacial score (nSPS) is 13.6. The second-order valence-corrected chi connectivity index (χ2v) is 8.64. The molecule has 0 saturated carbocycles. The Morgan fingerprint density at radius 3 is 2.46 bits per heavy atom. The molecule has 37 heavy (non-hydrogen) atoms. The van der Waals surface area contributed by atoms with Crippen LogP contribution < -0.4 is 19.7 Å². The maximum atomic E-state index is 14.7. The van der Waals surface area contributed by atoms with E-state index in [1.807, 2.05) is 11.0 Å². The Morgan fingerprint density at radius 2 is 1.76 bits per heavy atom. The molecule has 1 N–H and O–H groups in total. The van der Waals surface area contributed by atoms with E-state index in [-0.39, 0.29) is 17.5 Å². The highest BCUT2D eigenvalue weighted by Gasteiger charge is 2.23. The molecule has 5 rings (SSSR count). The van der Waals surface area contributed by atoms with Gasteiger partial charge >= 0.3 is 0 Å². The molecule has 0 radical (unpaired) electrons. The highest BCUT2D eigenvalue weighted by Crippen LogP contribution is 2.40. The van der Waals surface area contributed by atoms with Crippen molar-refractivity contribution in [2.75, 3.05) is 50.6 Å². The number of hydrogen-bond acceptors (Lipinski definition) is 9. The molecule has 0 unspecified atom stereocenters. The van der Waals surface area contributed by atoms with Crippen LogP contribution in [0.1, 0.15) is 6.92 Å². The van der Waals surface area contributed by atoms with Gasteiger partial charge in [-0.25, -0.2) is 19.3 Å². The molecular weight excluding hydrogens is 479 g/mol. The molecule has 1 fully saturated rings. The molecule has 12 heteroatoms. The number of fused-ring (bicyclic) bond motifs is 1.